The van der Waals surface area contributed by atoms with Crippen molar-refractivity contribution in [3.63, 3.8) is 0 Å². The van der Waals surface area contributed by atoms with Crippen LogP contribution in [-0.2, 0) is 12.0 Å². The van der Waals surface area contributed by atoms with Crippen LogP contribution < -0.4 is 14.2 Å². The first-order valence-electron chi connectivity index (χ1n) is 12.0. The predicted molar refractivity (Wildman–Crippen MR) is 133 cm³/mol. The van der Waals surface area contributed by atoms with Gasteiger partial charge in [0.2, 0.25) is 5.88 Å². The van der Waals surface area contributed by atoms with Gasteiger partial charge in [-0.2, -0.15) is 9.78 Å². The molecule has 182 valence electrons. The number of methoxy groups -OCH3 is 2. The minimum atomic E-state index is -0.0152. The highest BCUT2D eigenvalue weighted by Crippen LogP contribution is 2.37. The Hall–Kier alpha value is -3.68. The number of H-pyrrole nitrogens is 1. The van der Waals surface area contributed by atoms with Crippen molar-refractivity contribution in [1.82, 2.24) is 24.6 Å². The van der Waals surface area contributed by atoms with E-state index < -0.39 is 0 Å². The first kappa shape index (κ1) is 23.1. The molecule has 1 atom stereocenters. The summed E-state index contributed by atoms with van der Waals surface area (Å²) in [4.78, 5) is 14.1. The fourth-order valence-electron chi connectivity index (χ4n) is 4.83. The van der Waals surface area contributed by atoms with Gasteiger partial charge in [0.15, 0.2) is 0 Å². The molecule has 35 heavy (non-hydrogen) atoms. The number of nitrogens with zero attached hydrogens (tertiary/aromatic N) is 5. The summed E-state index contributed by atoms with van der Waals surface area (Å²) in [6, 6.07) is 10.5. The summed E-state index contributed by atoms with van der Waals surface area (Å²) in [6.45, 7) is 9.52. The van der Waals surface area contributed by atoms with E-state index in [2.05, 4.69) is 53.7 Å². The number of aryl methyl sites for hydroxylation is 2. The van der Waals surface area contributed by atoms with Gasteiger partial charge in [0, 0.05) is 6.20 Å². The molecule has 0 amide bonds. The fraction of sp³-hybridized carbons (Fsp3) is 0.407. The Bertz CT molecular complexity index is 1360. The summed E-state index contributed by atoms with van der Waals surface area (Å²) in [5.74, 6) is 3.43. The third kappa shape index (κ3) is 4.29. The predicted octanol–water partition coefficient (Wildman–Crippen LogP) is 4.49. The number of ether oxygens (including phenoxy) is 2. The van der Waals surface area contributed by atoms with Crippen molar-refractivity contribution in [2.24, 2.45) is 0 Å². The summed E-state index contributed by atoms with van der Waals surface area (Å²) in [5.41, 5.74) is 4.98. The minimum Gasteiger partial charge on any atom is -0.496 e. The van der Waals surface area contributed by atoms with Gasteiger partial charge in [0.25, 0.3) is 0 Å². The highest BCUT2D eigenvalue weighted by Gasteiger charge is 2.35. The Morgan fingerprint density at radius 3 is 2.60 bits per heavy atom. The molecular weight excluding hydrogens is 440 g/mol. The van der Waals surface area contributed by atoms with E-state index in [1.54, 1.807) is 20.5 Å². The van der Waals surface area contributed by atoms with Gasteiger partial charge in [0.05, 0.1) is 32.2 Å². The second-order valence-electron chi connectivity index (χ2n) is 10.1. The molecule has 8 nitrogen and oxygen atoms in total. The van der Waals surface area contributed by atoms with Crippen LogP contribution in [0.4, 0.5) is 0 Å². The number of hydrogen-bond acceptors (Lipinski definition) is 5. The average Bonchev–Trinajstić information content (AvgIpc) is 3.49. The molecule has 0 bridgehead atoms. The molecule has 3 aromatic heterocycles. The maximum Gasteiger partial charge on any atom is 0.327 e. The van der Waals surface area contributed by atoms with Crippen LogP contribution in [0.1, 0.15) is 62.2 Å². The summed E-state index contributed by atoms with van der Waals surface area (Å²) < 4.78 is 15.3. The van der Waals surface area contributed by atoms with Crippen LogP contribution in [0.15, 0.2) is 42.9 Å². The van der Waals surface area contributed by atoms with E-state index in [0.717, 1.165) is 53.9 Å². The van der Waals surface area contributed by atoms with Crippen molar-refractivity contribution in [3.8, 4) is 28.8 Å². The first-order valence-corrected chi connectivity index (χ1v) is 12.0. The minimum absolute atomic E-state index is 0.0152. The Morgan fingerprint density at radius 1 is 1.09 bits per heavy atom. The molecule has 0 fully saturated rings. The van der Waals surface area contributed by atoms with Gasteiger partial charge >= 0.3 is 11.6 Å². The zero-order valence-electron chi connectivity index (χ0n) is 21.3. The quantitative estimate of drug-likeness (QED) is 0.432. The van der Waals surface area contributed by atoms with Crippen molar-refractivity contribution in [1.29, 1.82) is 0 Å². The largest absolute Gasteiger partial charge is 0.496 e. The summed E-state index contributed by atoms with van der Waals surface area (Å²) in [7, 11) is 3.37. The van der Waals surface area contributed by atoms with Crippen LogP contribution in [0.5, 0.6) is 11.6 Å². The molecule has 4 aromatic rings. The van der Waals surface area contributed by atoms with E-state index in [1.165, 1.54) is 11.1 Å². The Balaban J connectivity index is 1.52. The second kappa shape index (κ2) is 8.83. The first-order chi connectivity index (χ1) is 16.8. The number of benzene rings is 1. The molecule has 8 heteroatoms. The van der Waals surface area contributed by atoms with Gasteiger partial charge < -0.3 is 14.0 Å². The topological polar surface area (TPSA) is 81.7 Å². The molecule has 1 aliphatic heterocycles. The normalized spacial score (nSPS) is 15.7. The van der Waals surface area contributed by atoms with Crippen molar-refractivity contribution in [2.75, 3.05) is 14.2 Å². The Labute approximate surface area is 206 Å². The van der Waals surface area contributed by atoms with Crippen LogP contribution >= 0.6 is 0 Å². The van der Waals surface area contributed by atoms with Crippen LogP contribution in [-0.4, -0.2) is 38.8 Å². The molecule has 1 aromatic carbocycles. The van der Waals surface area contributed by atoms with Crippen LogP contribution in [0.25, 0.3) is 17.2 Å². The lowest BCUT2D eigenvalue weighted by atomic mass is 9.82. The van der Waals surface area contributed by atoms with E-state index in [0.29, 0.717) is 5.88 Å². The maximum absolute atomic E-state index is 5.66. The average molecular weight is 474 g/mol. The molecule has 4 heterocycles. The zero-order valence-corrected chi connectivity index (χ0v) is 21.3. The van der Waals surface area contributed by atoms with Gasteiger partial charge in [-0.15, -0.1) is 0 Å². The number of imidazole rings is 1. The second-order valence-corrected chi connectivity index (χ2v) is 10.1. The van der Waals surface area contributed by atoms with Gasteiger partial charge in [-0.05, 0) is 59.5 Å². The highest BCUT2D eigenvalue weighted by molar-refractivity contribution is 5.55. The molecule has 0 saturated heterocycles. The van der Waals surface area contributed by atoms with Gasteiger partial charge in [-0.1, -0.05) is 32.9 Å². The van der Waals surface area contributed by atoms with Gasteiger partial charge in [0.1, 0.15) is 23.7 Å². The number of hydrogen-bond donors (Lipinski definition) is 1. The molecule has 0 saturated carbocycles. The van der Waals surface area contributed by atoms with Crippen molar-refractivity contribution in [2.45, 2.75) is 58.4 Å². The fourth-order valence-corrected chi connectivity index (χ4v) is 4.83. The lowest BCUT2D eigenvalue weighted by Gasteiger charge is -2.25. The van der Waals surface area contributed by atoms with Crippen molar-refractivity contribution in [3.05, 3.63) is 65.5 Å². The van der Waals surface area contributed by atoms with E-state index in [1.807, 2.05) is 29.8 Å². The van der Waals surface area contributed by atoms with Crippen molar-refractivity contribution >= 4 is 0 Å². The zero-order chi connectivity index (χ0) is 24.7. The summed E-state index contributed by atoms with van der Waals surface area (Å²) in [6.07, 6.45) is 5.85. The lowest BCUT2D eigenvalue weighted by molar-refractivity contribution is -0.762. The smallest absolute Gasteiger partial charge is 0.327 e. The number of aromatic nitrogens is 6. The number of aromatic amines is 1. The molecule has 0 spiro atoms. The molecular formula is C27H33N6O2+. The number of pyridine rings is 1. The van der Waals surface area contributed by atoms with E-state index in [9.17, 15) is 0 Å². The summed E-state index contributed by atoms with van der Waals surface area (Å²) >= 11 is 0. The number of nitrogens with one attached hydrogen (secondary N) is 1. The van der Waals surface area contributed by atoms with Crippen LogP contribution in [0.3, 0.4) is 0 Å². The molecule has 1 aliphatic rings. The van der Waals surface area contributed by atoms with Crippen molar-refractivity contribution < 1.29 is 14.2 Å². The van der Waals surface area contributed by atoms with Gasteiger partial charge in [-0.25, -0.2) is 9.97 Å². The van der Waals surface area contributed by atoms with Crippen LogP contribution in [0, 0.1) is 6.92 Å². The third-order valence-electron chi connectivity index (χ3n) is 6.63. The Morgan fingerprint density at radius 2 is 1.91 bits per heavy atom. The van der Waals surface area contributed by atoms with E-state index in [4.69, 9.17) is 19.4 Å². The van der Waals surface area contributed by atoms with Gasteiger partial charge in [-0.3, -0.25) is 0 Å². The molecule has 1 N–H and O–H groups in total. The molecule has 0 unspecified atom stereocenters. The Kier molecular flexibility index (Phi) is 5.83. The lowest BCUT2D eigenvalue weighted by Crippen LogP contribution is -2.44. The third-order valence-corrected chi connectivity index (χ3v) is 6.63. The number of rotatable bonds is 5. The standard InChI is InChI=1S/C27H32N6O2/c1-17-15-32(16-28-17)22-11-10-21(29-26(22)35-6)24-30-25-19(8-7-13-33(25)31-24)18-9-12-23(34-5)20(14-18)27(2,3)4/h9-12,14-16,19H,7-8,13H2,1-6H3/p+1/t19-/m0/s1. The van der Waals surface area contributed by atoms with Crippen LogP contribution in [0.2, 0.25) is 0 Å². The monoisotopic (exact) mass is 473 g/mol. The number of fused-ring (bicyclic) bond motifs is 1. The van der Waals surface area contributed by atoms with E-state index in [-0.39, 0.29) is 11.3 Å². The summed E-state index contributed by atoms with van der Waals surface area (Å²) in [5, 5.41) is 3.48. The maximum atomic E-state index is 5.66. The molecule has 5 rings (SSSR count). The highest BCUT2D eigenvalue weighted by atomic mass is 16.5. The molecule has 0 radical (unpaired) electrons. The SMILES string of the molecule is COc1ccc([C@@H]2CCC[n+]3[nH]c(-c4ccc(-n5cnc(C)c5)c(OC)n4)nc32)cc1C(C)(C)C. The molecule has 0 aliphatic carbocycles. The van der Waals surface area contributed by atoms with E-state index >= 15 is 0 Å².